The summed E-state index contributed by atoms with van der Waals surface area (Å²) in [4.78, 5) is 10.4. The van der Waals surface area contributed by atoms with Gasteiger partial charge in [-0.1, -0.05) is 23.2 Å². The van der Waals surface area contributed by atoms with E-state index in [4.69, 9.17) is 42.5 Å². The first kappa shape index (κ1) is 19.4. The highest BCUT2D eigenvalue weighted by Gasteiger charge is 2.21. The fraction of sp³-hybridized carbons (Fsp3) is 0.188. The first-order chi connectivity index (χ1) is 12.8. The highest BCUT2D eigenvalue weighted by molar-refractivity contribution is 7.92. The number of hydrogen-bond acceptors (Lipinski definition) is 6. The number of carbonyl (C=O) groups is 1. The van der Waals surface area contributed by atoms with Crippen molar-refractivity contribution in [2.75, 3.05) is 24.5 Å². The second-order valence-electron chi connectivity index (χ2n) is 5.36. The van der Waals surface area contributed by atoms with Gasteiger partial charge in [-0.25, -0.2) is 13.2 Å². The average Bonchev–Trinajstić information content (AvgIpc) is 2.61. The SMILES string of the molecule is O=C(O)COc1ccc(S(=O)(=O)Nc2cc3c(cc2Cl)OCCO3)cc1Cl. The molecule has 0 saturated heterocycles. The number of hydrogen-bond donors (Lipinski definition) is 2. The van der Waals surface area contributed by atoms with Crippen molar-refractivity contribution in [3.05, 3.63) is 40.4 Å². The standard InChI is InChI=1S/C16H13Cl2NO7S/c17-10-6-14-15(25-4-3-24-14)7-12(10)19-27(22,23)9-1-2-13(11(18)5-9)26-8-16(20)21/h1-2,5-7,19H,3-4,8H2,(H,20,21). The van der Waals surface area contributed by atoms with Crippen molar-refractivity contribution in [3.63, 3.8) is 0 Å². The first-order valence-electron chi connectivity index (χ1n) is 7.52. The summed E-state index contributed by atoms with van der Waals surface area (Å²) >= 11 is 12.1. The summed E-state index contributed by atoms with van der Waals surface area (Å²) in [5, 5.41) is 8.70. The topological polar surface area (TPSA) is 111 Å². The van der Waals surface area contributed by atoms with Crippen LogP contribution in [0.3, 0.4) is 0 Å². The van der Waals surface area contributed by atoms with Crippen molar-refractivity contribution in [3.8, 4) is 17.2 Å². The molecule has 0 saturated carbocycles. The Balaban J connectivity index is 1.85. The van der Waals surface area contributed by atoms with Gasteiger partial charge in [-0.15, -0.1) is 0 Å². The Bertz CT molecular complexity index is 995. The lowest BCUT2D eigenvalue weighted by Crippen LogP contribution is -2.17. The fourth-order valence-corrected chi connectivity index (χ4v) is 3.90. The number of sulfonamides is 1. The number of halogens is 2. The summed E-state index contributed by atoms with van der Waals surface area (Å²) in [6, 6.07) is 6.54. The number of ether oxygens (including phenoxy) is 3. The van der Waals surface area contributed by atoms with Crippen molar-refractivity contribution in [1.29, 1.82) is 0 Å². The van der Waals surface area contributed by atoms with Gasteiger partial charge in [0.25, 0.3) is 10.0 Å². The van der Waals surface area contributed by atoms with Gasteiger partial charge in [0.15, 0.2) is 18.1 Å². The maximum Gasteiger partial charge on any atom is 0.341 e. The summed E-state index contributed by atoms with van der Waals surface area (Å²) in [5.74, 6) is -0.330. The molecule has 0 amide bonds. The largest absolute Gasteiger partial charge is 0.486 e. The molecule has 2 aromatic carbocycles. The Morgan fingerprint density at radius 2 is 1.78 bits per heavy atom. The maximum absolute atomic E-state index is 12.6. The van der Waals surface area contributed by atoms with Gasteiger partial charge in [0.2, 0.25) is 0 Å². The molecule has 11 heteroatoms. The predicted molar refractivity (Wildman–Crippen MR) is 97.8 cm³/mol. The highest BCUT2D eigenvalue weighted by atomic mass is 35.5. The fourth-order valence-electron chi connectivity index (χ4n) is 2.25. The number of fused-ring (bicyclic) bond motifs is 1. The molecule has 27 heavy (non-hydrogen) atoms. The number of rotatable bonds is 6. The van der Waals surface area contributed by atoms with E-state index in [0.717, 1.165) is 6.07 Å². The Kier molecular flexibility index (Phi) is 5.54. The Labute approximate surface area is 164 Å². The summed E-state index contributed by atoms with van der Waals surface area (Å²) < 4.78 is 43.4. The average molecular weight is 434 g/mol. The molecule has 0 aromatic heterocycles. The Morgan fingerprint density at radius 1 is 1.11 bits per heavy atom. The van der Waals surface area contributed by atoms with Crippen LogP contribution in [-0.2, 0) is 14.8 Å². The van der Waals surface area contributed by atoms with E-state index in [1.807, 2.05) is 0 Å². The third-order valence-electron chi connectivity index (χ3n) is 3.44. The number of benzene rings is 2. The van der Waals surface area contributed by atoms with E-state index < -0.39 is 22.6 Å². The van der Waals surface area contributed by atoms with Crippen LogP contribution in [0.25, 0.3) is 0 Å². The van der Waals surface area contributed by atoms with E-state index in [2.05, 4.69) is 4.72 Å². The van der Waals surface area contributed by atoms with Crippen molar-refractivity contribution >= 4 is 44.9 Å². The van der Waals surface area contributed by atoms with E-state index >= 15 is 0 Å². The number of anilines is 1. The van der Waals surface area contributed by atoms with Crippen LogP contribution in [0, 0.1) is 0 Å². The zero-order chi connectivity index (χ0) is 19.6. The van der Waals surface area contributed by atoms with Crippen LogP contribution < -0.4 is 18.9 Å². The lowest BCUT2D eigenvalue weighted by Gasteiger charge is -2.20. The molecule has 0 radical (unpaired) electrons. The minimum atomic E-state index is -4.02. The van der Waals surface area contributed by atoms with Crippen LogP contribution in [0.2, 0.25) is 10.0 Å². The number of aliphatic carboxylic acids is 1. The molecule has 8 nitrogen and oxygen atoms in total. The van der Waals surface area contributed by atoms with Crippen molar-refractivity contribution in [1.82, 2.24) is 0 Å². The number of carboxylic acids is 1. The second kappa shape index (κ2) is 7.71. The van der Waals surface area contributed by atoms with Gasteiger partial charge in [-0.3, -0.25) is 4.72 Å². The predicted octanol–water partition coefficient (Wildman–Crippen LogP) is 3.03. The Morgan fingerprint density at radius 3 is 2.41 bits per heavy atom. The second-order valence-corrected chi connectivity index (χ2v) is 7.85. The molecule has 0 aliphatic carbocycles. The van der Waals surface area contributed by atoms with Gasteiger partial charge < -0.3 is 19.3 Å². The Hall–Kier alpha value is -2.36. The van der Waals surface area contributed by atoms with E-state index in [1.165, 1.54) is 24.3 Å². The molecule has 0 bridgehead atoms. The highest BCUT2D eigenvalue weighted by Crippen LogP contribution is 2.39. The molecule has 0 atom stereocenters. The minimum absolute atomic E-state index is 0.0487. The van der Waals surface area contributed by atoms with Crippen LogP contribution in [0.15, 0.2) is 35.2 Å². The summed E-state index contributed by atoms with van der Waals surface area (Å²) in [6.45, 7) is 0.119. The quantitative estimate of drug-likeness (QED) is 0.719. The molecule has 0 spiro atoms. The summed E-state index contributed by atoms with van der Waals surface area (Å²) in [5.41, 5.74) is 0.114. The monoisotopic (exact) mass is 433 g/mol. The molecule has 3 rings (SSSR count). The first-order valence-corrected chi connectivity index (χ1v) is 9.76. The van der Waals surface area contributed by atoms with Gasteiger partial charge in [0.1, 0.15) is 19.0 Å². The molecule has 0 fully saturated rings. The van der Waals surface area contributed by atoms with Gasteiger partial charge in [-0.05, 0) is 18.2 Å². The molecule has 1 aliphatic heterocycles. The molecule has 1 heterocycles. The number of nitrogens with one attached hydrogen (secondary N) is 1. The van der Waals surface area contributed by atoms with Crippen LogP contribution in [-0.4, -0.2) is 39.3 Å². The van der Waals surface area contributed by atoms with Gasteiger partial charge in [0, 0.05) is 12.1 Å². The molecule has 2 aromatic rings. The van der Waals surface area contributed by atoms with Gasteiger partial charge >= 0.3 is 5.97 Å². The molecular weight excluding hydrogens is 421 g/mol. The zero-order valence-corrected chi connectivity index (χ0v) is 15.9. The van der Waals surface area contributed by atoms with Gasteiger partial charge in [0.05, 0.1) is 20.6 Å². The third kappa shape index (κ3) is 4.49. The lowest BCUT2D eigenvalue weighted by atomic mass is 10.2. The number of carboxylic acid groups (broad SMARTS) is 1. The van der Waals surface area contributed by atoms with Crippen LogP contribution in [0.1, 0.15) is 0 Å². The van der Waals surface area contributed by atoms with Gasteiger partial charge in [-0.2, -0.15) is 0 Å². The summed E-state index contributed by atoms with van der Waals surface area (Å²) in [7, 11) is -4.02. The van der Waals surface area contributed by atoms with Crippen LogP contribution in [0.4, 0.5) is 5.69 Å². The minimum Gasteiger partial charge on any atom is -0.486 e. The van der Waals surface area contributed by atoms with E-state index in [0.29, 0.717) is 24.7 Å². The maximum atomic E-state index is 12.6. The molecule has 0 unspecified atom stereocenters. The molecule has 1 aliphatic rings. The molecule has 144 valence electrons. The third-order valence-corrected chi connectivity index (χ3v) is 5.41. The normalized spacial score (nSPS) is 13.1. The van der Waals surface area contributed by atoms with E-state index in [-0.39, 0.29) is 26.4 Å². The summed E-state index contributed by atoms with van der Waals surface area (Å²) in [6.07, 6.45) is 0. The van der Waals surface area contributed by atoms with E-state index in [9.17, 15) is 13.2 Å². The zero-order valence-electron chi connectivity index (χ0n) is 13.6. The molecule has 2 N–H and O–H groups in total. The van der Waals surface area contributed by atoms with Crippen molar-refractivity contribution in [2.45, 2.75) is 4.90 Å². The van der Waals surface area contributed by atoms with Crippen molar-refractivity contribution < 1.29 is 32.5 Å². The smallest absolute Gasteiger partial charge is 0.341 e. The molecular formula is C16H13Cl2NO7S. The van der Waals surface area contributed by atoms with Crippen LogP contribution in [0.5, 0.6) is 17.2 Å². The lowest BCUT2D eigenvalue weighted by molar-refractivity contribution is -0.139. The van der Waals surface area contributed by atoms with Crippen molar-refractivity contribution in [2.24, 2.45) is 0 Å². The van der Waals surface area contributed by atoms with Crippen LogP contribution >= 0.6 is 23.2 Å². The van der Waals surface area contributed by atoms with E-state index in [1.54, 1.807) is 0 Å².